The first kappa shape index (κ1) is 17.3. The van der Waals surface area contributed by atoms with E-state index in [0.717, 1.165) is 35.0 Å². The predicted molar refractivity (Wildman–Crippen MR) is 102 cm³/mol. The van der Waals surface area contributed by atoms with Gasteiger partial charge in [0.15, 0.2) is 0 Å². The van der Waals surface area contributed by atoms with Crippen molar-refractivity contribution >= 4 is 33.4 Å². The highest BCUT2D eigenvalue weighted by molar-refractivity contribution is 9.10. The molecule has 0 spiro atoms. The quantitative estimate of drug-likeness (QED) is 0.835. The number of fused-ring (bicyclic) bond motifs is 1. The van der Waals surface area contributed by atoms with Crippen LogP contribution in [0.1, 0.15) is 36.6 Å². The Labute approximate surface area is 160 Å². The maximum absolute atomic E-state index is 12.8. The van der Waals surface area contributed by atoms with E-state index in [2.05, 4.69) is 26.3 Å². The molecular weight excluding hydrogens is 396 g/mol. The van der Waals surface area contributed by atoms with Gasteiger partial charge >= 0.3 is 0 Å². The van der Waals surface area contributed by atoms with Crippen LogP contribution in [0.3, 0.4) is 0 Å². The van der Waals surface area contributed by atoms with E-state index in [0.29, 0.717) is 6.54 Å². The predicted octanol–water partition coefficient (Wildman–Crippen LogP) is 2.73. The first-order valence-electron chi connectivity index (χ1n) is 8.90. The van der Waals surface area contributed by atoms with Crippen LogP contribution in [0, 0.1) is 5.92 Å². The van der Waals surface area contributed by atoms with Gasteiger partial charge in [-0.3, -0.25) is 14.3 Å². The van der Waals surface area contributed by atoms with Crippen molar-refractivity contribution in [3.8, 4) is 0 Å². The standard InChI is InChI=1S/C19H21BrN4O2/c1-23-16-8-4-6-15(13(16)10-21-23)22-19(26)12-9-18(25)24(11-12)17-7-3-2-5-14(17)20/h2-3,5,7,10,12,15H,4,6,8-9,11H2,1H3,(H,22,26). The van der Waals surface area contributed by atoms with Crippen molar-refractivity contribution in [2.24, 2.45) is 13.0 Å². The van der Waals surface area contributed by atoms with E-state index >= 15 is 0 Å². The van der Waals surface area contributed by atoms with Crippen LogP contribution >= 0.6 is 15.9 Å². The van der Waals surface area contributed by atoms with E-state index in [9.17, 15) is 9.59 Å². The number of nitrogens with zero attached hydrogens (tertiary/aromatic N) is 3. The molecule has 0 bridgehead atoms. The smallest absolute Gasteiger partial charge is 0.227 e. The average Bonchev–Trinajstić information content (AvgIpc) is 3.20. The van der Waals surface area contributed by atoms with Gasteiger partial charge in [0.1, 0.15) is 0 Å². The number of carbonyl (C=O) groups is 2. The molecule has 2 unspecified atom stereocenters. The Morgan fingerprint density at radius 2 is 2.15 bits per heavy atom. The molecule has 1 aliphatic carbocycles. The number of rotatable bonds is 3. The number of carbonyl (C=O) groups excluding carboxylic acids is 2. The number of nitrogens with one attached hydrogen (secondary N) is 1. The molecule has 0 radical (unpaired) electrons. The molecule has 1 aliphatic heterocycles. The Morgan fingerprint density at radius 1 is 1.35 bits per heavy atom. The van der Waals surface area contributed by atoms with Gasteiger partial charge in [-0.15, -0.1) is 0 Å². The Kier molecular flexibility index (Phi) is 4.56. The number of aryl methyl sites for hydroxylation is 1. The topological polar surface area (TPSA) is 67.2 Å². The molecule has 1 aromatic heterocycles. The molecule has 6 nitrogen and oxygen atoms in total. The number of hydrogen-bond donors (Lipinski definition) is 1. The fraction of sp³-hybridized carbons (Fsp3) is 0.421. The van der Waals surface area contributed by atoms with Crippen LogP contribution in [0.2, 0.25) is 0 Å². The van der Waals surface area contributed by atoms with Crippen molar-refractivity contribution in [2.45, 2.75) is 31.7 Å². The molecule has 2 aromatic rings. The summed E-state index contributed by atoms with van der Waals surface area (Å²) in [5.74, 6) is -0.381. The molecule has 0 saturated carbocycles. The van der Waals surface area contributed by atoms with E-state index in [1.54, 1.807) is 4.90 Å². The van der Waals surface area contributed by atoms with Gasteiger partial charge in [0.2, 0.25) is 11.8 Å². The van der Waals surface area contributed by atoms with Gasteiger partial charge in [0.25, 0.3) is 0 Å². The van der Waals surface area contributed by atoms with Crippen LogP contribution in [0.25, 0.3) is 0 Å². The maximum Gasteiger partial charge on any atom is 0.227 e. The minimum absolute atomic E-state index is 0.00689. The Bertz CT molecular complexity index is 863. The van der Waals surface area contributed by atoms with Crippen molar-refractivity contribution in [2.75, 3.05) is 11.4 Å². The summed E-state index contributed by atoms with van der Waals surface area (Å²) in [6.07, 6.45) is 5.05. The van der Waals surface area contributed by atoms with Gasteiger partial charge in [-0.25, -0.2) is 0 Å². The molecule has 26 heavy (non-hydrogen) atoms. The monoisotopic (exact) mass is 416 g/mol. The molecule has 4 rings (SSSR count). The molecule has 1 aromatic carbocycles. The zero-order valence-corrected chi connectivity index (χ0v) is 16.2. The summed E-state index contributed by atoms with van der Waals surface area (Å²) in [6.45, 7) is 0.417. The third-order valence-corrected chi connectivity index (χ3v) is 6.00. The van der Waals surface area contributed by atoms with Crippen LogP contribution in [-0.4, -0.2) is 28.1 Å². The zero-order chi connectivity index (χ0) is 18.3. The summed E-state index contributed by atoms with van der Waals surface area (Å²) in [7, 11) is 1.94. The lowest BCUT2D eigenvalue weighted by molar-refractivity contribution is -0.127. The van der Waals surface area contributed by atoms with Crippen LogP contribution in [-0.2, 0) is 23.1 Å². The van der Waals surface area contributed by atoms with Gasteiger partial charge in [-0.2, -0.15) is 5.10 Å². The van der Waals surface area contributed by atoms with Crippen LogP contribution in [0.4, 0.5) is 5.69 Å². The van der Waals surface area contributed by atoms with Crippen molar-refractivity contribution in [1.82, 2.24) is 15.1 Å². The number of para-hydroxylation sites is 1. The summed E-state index contributed by atoms with van der Waals surface area (Å²) in [5.41, 5.74) is 3.12. The van der Waals surface area contributed by atoms with Crippen molar-refractivity contribution in [1.29, 1.82) is 0 Å². The summed E-state index contributed by atoms with van der Waals surface area (Å²) in [6, 6.07) is 7.60. The SMILES string of the molecule is Cn1ncc2c1CCCC2NC(=O)C1CC(=O)N(c2ccccc2Br)C1. The Morgan fingerprint density at radius 3 is 2.96 bits per heavy atom. The van der Waals surface area contributed by atoms with Gasteiger partial charge < -0.3 is 10.2 Å². The summed E-state index contributed by atoms with van der Waals surface area (Å²) in [5, 5.41) is 7.48. The fourth-order valence-electron chi connectivity index (χ4n) is 3.93. The van der Waals surface area contributed by atoms with Crippen molar-refractivity contribution in [3.63, 3.8) is 0 Å². The molecular formula is C19H21BrN4O2. The largest absolute Gasteiger partial charge is 0.349 e. The maximum atomic E-state index is 12.8. The Hall–Kier alpha value is -2.15. The lowest BCUT2D eigenvalue weighted by Gasteiger charge is -2.25. The van der Waals surface area contributed by atoms with E-state index < -0.39 is 0 Å². The molecule has 2 aliphatic rings. The minimum atomic E-state index is -0.323. The first-order chi connectivity index (χ1) is 12.5. The molecule has 136 valence electrons. The molecule has 1 saturated heterocycles. The molecule has 1 fully saturated rings. The molecule has 7 heteroatoms. The molecule has 2 heterocycles. The zero-order valence-electron chi connectivity index (χ0n) is 14.6. The number of aromatic nitrogens is 2. The third kappa shape index (κ3) is 3.05. The number of benzene rings is 1. The fourth-order valence-corrected chi connectivity index (χ4v) is 4.43. The molecule has 1 N–H and O–H groups in total. The highest BCUT2D eigenvalue weighted by Crippen LogP contribution is 2.33. The lowest BCUT2D eigenvalue weighted by Crippen LogP contribution is -2.36. The molecule has 2 atom stereocenters. The number of halogens is 1. The van der Waals surface area contributed by atoms with Crippen LogP contribution < -0.4 is 10.2 Å². The highest BCUT2D eigenvalue weighted by Gasteiger charge is 2.37. The number of anilines is 1. The van der Waals surface area contributed by atoms with Crippen LogP contribution in [0.5, 0.6) is 0 Å². The summed E-state index contributed by atoms with van der Waals surface area (Å²) in [4.78, 5) is 27.0. The highest BCUT2D eigenvalue weighted by atomic mass is 79.9. The second-order valence-corrected chi connectivity index (χ2v) is 7.83. The van der Waals surface area contributed by atoms with Crippen molar-refractivity contribution < 1.29 is 9.59 Å². The minimum Gasteiger partial charge on any atom is -0.349 e. The lowest BCUT2D eigenvalue weighted by atomic mass is 9.92. The second-order valence-electron chi connectivity index (χ2n) is 6.98. The van der Waals surface area contributed by atoms with E-state index in [-0.39, 0.29) is 30.2 Å². The normalized spacial score (nSPS) is 22.4. The van der Waals surface area contributed by atoms with Crippen molar-refractivity contribution in [3.05, 3.63) is 46.2 Å². The van der Waals surface area contributed by atoms with Gasteiger partial charge in [0, 0.05) is 35.7 Å². The number of amides is 2. The van der Waals surface area contributed by atoms with E-state index in [1.807, 2.05) is 42.2 Å². The third-order valence-electron chi connectivity index (χ3n) is 5.33. The van der Waals surface area contributed by atoms with Gasteiger partial charge in [-0.1, -0.05) is 12.1 Å². The van der Waals surface area contributed by atoms with Gasteiger partial charge in [-0.05, 0) is 47.3 Å². The Balaban J connectivity index is 1.47. The van der Waals surface area contributed by atoms with E-state index in [1.165, 1.54) is 5.69 Å². The molecule has 2 amide bonds. The number of hydrogen-bond acceptors (Lipinski definition) is 3. The van der Waals surface area contributed by atoms with Gasteiger partial charge in [0.05, 0.1) is 23.8 Å². The summed E-state index contributed by atoms with van der Waals surface area (Å²) < 4.78 is 2.75. The van der Waals surface area contributed by atoms with E-state index in [4.69, 9.17) is 0 Å². The second kappa shape index (κ2) is 6.87. The van der Waals surface area contributed by atoms with Crippen LogP contribution in [0.15, 0.2) is 34.9 Å². The average molecular weight is 417 g/mol. The first-order valence-corrected chi connectivity index (χ1v) is 9.70. The summed E-state index contributed by atoms with van der Waals surface area (Å²) >= 11 is 3.49.